The second kappa shape index (κ2) is 6.29. The Kier molecular flexibility index (Phi) is 3.87. The van der Waals surface area contributed by atoms with Crippen LogP contribution in [0.15, 0.2) is 36.8 Å². The summed E-state index contributed by atoms with van der Waals surface area (Å²) in [6, 6.07) is 8.48. The van der Waals surface area contributed by atoms with Gasteiger partial charge in [0.15, 0.2) is 5.82 Å². The topological polar surface area (TPSA) is 71.4 Å². The Morgan fingerprint density at radius 1 is 1.19 bits per heavy atom. The number of hydrogen-bond donors (Lipinski definition) is 1. The maximum Gasteiger partial charge on any atom is 0.264 e. The van der Waals surface area contributed by atoms with Gasteiger partial charge < -0.3 is 14.9 Å². The molecule has 164 valence electrons. The van der Waals surface area contributed by atoms with Gasteiger partial charge in [-0.1, -0.05) is 12.1 Å². The molecular weight excluding hydrogens is 400 g/mol. The molecule has 3 aliphatic rings. The average Bonchev–Trinajstić information content (AvgIpc) is 3.57. The summed E-state index contributed by atoms with van der Waals surface area (Å²) < 4.78 is 1.86. The number of anilines is 1. The van der Waals surface area contributed by atoms with Crippen LogP contribution in [-0.2, 0) is 5.54 Å². The van der Waals surface area contributed by atoms with Crippen LogP contribution < -0.4 is 4.90 Å². The first-order valence-corrected chi connectivity index (χ1v) is 11.5. The number of rotatable bonds is 4. The van der Waals surface area contributed by atoms with Crippen LogP contribution in [0.1, 0.15) is 52.0 Å². The molecule has 3 heterocycles. The molecule has 3 atom stereocenters. The van der Waals surface area contributed by atoms with E-state index in [1.807, 2.05) is 30.8 Å². The van der Waals surface area contributed by atoms with Crippen molar-refractivity contribution in [3.8, 4) is 5.82 Å². The molecule has 2 saturated carbocycles. The van der Waals surface area contributed by atoms with E-state index in [-0.39, 0.29) is 22.9 Å². The van der Waals surface area contributed by atoms with Crippen LogP contribution in [0.3, 0.4) is 0 Å². The van der Waals surface area contributed by atoms with E-state index < -0.39 is 5.60 Å². The van der Waals surface area contributed by atoms with E-state index in [0.717, 1.165) is 47.5 Å². The number of nitrogens with zero attached hydrogens (tertiary/aromatic N) is 6. The normalized spacial score (nSPS) is 28.3. The molecule has 1 saturated heterocycles. The zero-order valence-corrected chi connectivity index (χ0v) is 18.8. The SMILES string of the molecule is [C-]#[N+][C@@]1(c2ccc3cnn(-c4cc(N5CC[C@@H](C(C)(C)O)[C@H]5C)ncn4)c3c2)CC12CC2. The van der Waals surface area contributed by atoms with E-state index in [4.69, 9.17) is 6.57 Å². The minimum atomic E-state index is -0.723. The standard InChI is InChI=1S/C25H28N6O/c1-16-19(23(2,3)32)7-10-30(16)21-12-22(28-15-27-21)31-20-11-18(6-5-17(20)13-29-31)25(26-4)14-24(25)8-9-24/h5-6,11-13,15-16,19,32H,7-10,14H2,1-3H3/t16-,19-,25-/m1/s1. The first-order valence-electron chi connectivity index (χ1n) is 11.5. The Hall–Kier alpha value is -2.98. The lowest BCUT2D eigenvalue weighted by atomic mass is 9.85. The van der Waals surface area contributed by atoms with Gasteiger partial charge in [-0.15, -0.1) is 0 Å². The van der Waals surface area contributed by atoms with Crippen LogP contribution in [0.2, 0.25) is 0 Å². The third-order valence-electron chi connectivity index (χ3n) is 8.25. The highest BCUT2D eigenvalue weighted by Crippen LogP contribution is 2.79. The van der Waals surface area contributed by atoms with Crippen molar-refractivity contribution in [2.45, 2.75) is 63.6 Å². The van der Waals surface area contributed by atoms with Crippen molar-refractivity contribution in [3.63, 3.8) is 0 Å². The second-order valence-corrected chi connectivity index (χ2v) is 10.5. The molecule has 3 fully saturated rings. The van der Waals surface area contributed by atoms with Crippen LogP contribution in [0.4, 0.5) is 5.82 Å². The molecule has 1 N–H and O–H groups in total. The van der Waals surface area contributed by atoms with Gasteiger partial charge in [0.25, 0.3) is 5.54 Å². The molecule has 3 aromatic rings. The Labute approximate surface area is 187 Å². The molecule has 2 aromatic heterocycles. The molecule has 1 spiro atoms. The molecule has 0 unspecified atom stereocenters. The maximum atomic E-state index is 10.5. The summed E-state index contributed by atoms with van der Waals surface area (Å²) >= 11 is 0. The monoisotopic (exact) mass is 428 g/mol. The molecular formula is C25H28N6O. The molecule has 2 aliphatic carbocycles. The quantitative estimate of drug-likeness (QED) is 0.634. The number of aliphatic hydroxyl groups is 1. The summed E-state index contributed by atoms with van der Waals surface area (Å²) in [4.78, 5) is 15.4. The summed E-state index contributed by atoms with van der Waals surface area (Å²) in [6.45, 7) is 14.6. The van der Waals surface area contributed by atoms with Crippen molar-refractivity contribution < 1.29 is 5.11 Å². The highest BCUT2D eigenvalue weighted by atomic mass is 16.3. The van der Waals surface area contributed by atoms with E-state index in [9.17, 15) is 5.11 Å². The maximum absolute atomic E-state index is 10.5. The van der Waals surface area contributed by atoms with Gasteiger partial charge in [-0.3, -0.25) is 0 Å². The van der Waals surface area contributed by atoms with Crippen molar-refractivity contribution >= 4 is 16.7 Å². The lowest BCUT2D eigenvalue weighted by Crippen LogP contribution is -2.40. The fourth-order valence-electron chi connectivity index (χ4n) is 6.09. The highest BCUT2D eigenvalue weighted by molar-refractivity contribution is 5.81. The van der Waals surface area contributed by atoms with Gasteiger partial charge in [0.2, 0.25) is 0 Å². The van der Waals surface area contributed by atoms with Gasteiger partial charge in [0.1, 0.15) is 12.1 Å². The van der Waals surface area contributed by atoms with Crippen LogP contribution >= 0.6 is 0 Å². The zero-order valence-electron chi connectivity index (χ0n) is 18.8. The van der Waals surface area contributed by atoms with E-state index in [1.54, 1.807) is 6.33 Å². The first-order chi connectivity index (χ1) is 15.3. The van der Waals surface area contributed by atoms with Crippen LogP contribution in [0, 0.1) is 17.9 Å². The number of benzene rings is 1. The zero-order chi connectivity index (χ0) is 22.3. The van der Waals surface area contributed by atoms with Gasteiger partial charge >= 0.3 is 0 Å². The molecule has 32 heavy (non-hydrogen) atoms. The first kappa shape index (κ1) is 19.7. The lowest BCUT2D eigenvalue weighted by Gasteiger charge is -2.32. The van der Waals surface area contributed by atoms with E-state index in [2.05, 4.69) is 49.9 Å². The smallest absolute Gasteiger partial charge is 0.264 e. The Bertz CT molecular complexity index is 1260. The molecule has 0 radical (unpaired) electrons. The lowest BCUT2D eigenvalue weighted by molar-refractivity contribution is 0.0156. The second-order valence-electron chi connectivity index (χ2n) is 10.5. The molecule has 1 aliphatic heterocycles. The predicted molar refractivity (Wildman–Crippen MR) is 122 cm³/mol. The van der Waals surface area contributed by atoms with Gasteiger partial charge in [0, 0.05) is 41.9 Å². The van der Waals surface area contributed by atoms with Crippen LogP contribution in [-0.4, -0.2) is 43.0 Å². The van der Waals surface area contributed by atoms with Crippen molar-refractivity contribution in [2.75, 3.05) is 11.4 Å². The number of aromatic nitrogens is 4. The minimum absolute atomic E-state index is 0.182. The van der Waals surface area contributed by atoms with Crippen molar-refractivity contribution in [1.29, 1.82) is 0 Å². The minimum Gasteiger partial charge on any atom is -0.390 e. The highest BCUT2D eigenvalue weighted by Gasteiger charge is 2.82. The Morgan fingerprint density at radius 2 is 1.97 bits per heavy atom. The van der Waals surface area contributed by atoms with Crippen molar-refractivity contribution in [3.05, 3.63) is 53.8 Å². The molecule has 6 rings (SSSR count). The third kappa shape index (κ3) is 2.65. The summed E-state index contributed by atoms with van der Waals surface area (Å²) in [5.74, 6) is 1.76. The Balaban J connectivity index is 1.37. The van der Waals surface area contributed by atoms with Crippen LogP contribution in [0.25, 0.3) is 21.6 Å². The summed E-state index contributed by atoms with van der Waals surface area (Å²) in [5, 5.41) is 16.2. The summed E-state index contributed by atoms with van der Waals surface area (Å²) in [7, 11) is 0. The van der Waals surface area contributed by atoms with E-state index >= 15 is 0 Å². The van der Waals surface area contributed by atoms with Gasteiger partial charge in [-0.2, -0.15) is 5.10 Å². The fourth-order valence-corrected chi connectivity index (χ4v) is 6.09. The van der Waals surface area contributed by atoms with Gasteiger partial charge in [-0.25, -0.2) is 21.2 Å². The molecule has 0 amide bonds. The van der Waals surface area contributed by atoms with Gasteiger partial charge in [-0.05, 0) is 46.1 Å². The molecule has 1 aromatic carbocycles. The van der Waals surface area contributed by atoms with E-state index in [0.29, 0.717) is 0 Å². The predicted octanol–water partition coefficient (Wildman–Crippen LogP) is 4.10. The summed E-state index contributed by atoms with van der Waals surface area (Å²) in [6.07, 6.45) is 7.69. The van der Waals surface area contributed by atoms with Gasteiger partial charge in [0.05, 0.1) is 22.7 Å². The van der Waals surface area contributed by atoms with Crippen LogP contribution in [0.5, 0.6) is 0 Å². The average molecular weight is 429 g/mol. The molecule has 7 heteroatoms. The molecule has 0 bridgehead atoms. The largest absolute Gasteiger partial charge is 0.390 e. The fraction of sp³-hybridized carbons (Fsp3) is 0.520. The summed E-state index contributed by atoms with van der Waals surface area (Å²) in [5.41, 5.74) is 1.25. The number of hydrogen-bond acceptors (Lipinski definition) is 5. The van der Waals surface area contributed by atoms with Crippen molar-refractivity contribution in [1.82, 2.24) is 19.7 Å². The molecule has 7 nitrogen and oxygen atoms in total. The Morgan fingerprint density at radius 3 is 2.62 bits per heavy atom. The van der Waals surface area contributed by atoms with E-state index in [1.165, 1.54) is 12.8 Å². The number of fused-ring (bicyclic) bond motifs is 1. The van der Waals surface area contributed by atoms with Crippen molar-refractivity contribution in [2.24, 2.45) is 11.3 Å². The third-order valence-corrected chi connectivity index (χ3v) is 8.25.